The van der Waals surface area contributed by atoms with Crippen LogP contribution < -0.4 is 5.32 Å². The second-order valence-electron chi connectivity index (χ2n) is 5.96. The maximum Gasteiger partial charge on any atom is 0.0513 e. The number of benzene rings is 1. The second-order valence-corrected chi connectivity index (χ2v) is 5.96. The Morgan fingerprint density at radius 2 is 2.21 bits per heavy atom. The van der Waals surface area contributed by atoms with Crippen LogP contribution in [0.3, 0.4) is 0 Å². The van der Waals surface area contributed by atoms with E-state index in [1.165, 1.54) is 31.2 Å². The third-order valence-corrected chi connectivity index (χ3v) is 4.71. The van der Waals surface area contributed by atoms with Crippen LogP contribution >= 0.6 is 0 Å². The van der Waals surface area contributed by atoms with Gasteiger partial charge >= 0.3 is 0 Å². The molecule has 0 spiro atoms. The minimum Gasteiger partial charge on any atom is -0.381 e. The number of ether oxygens (including phenoxy) is 1. The lowest BCUT2D eigenvalue weighted by Gasteiger charge is -2.28. The molecule has 1 aromatic carbocycles. The summed E-state index contributed by atoms with van der Waals surface area (Å²) in [5.74, 6) is 1.46. The molecule has 3 rings (SSSR count). The highest BCUT2D eigenvalue weighted by atomic mass is 16.5. The molecule has 2 nitrogen and oxygen atoms in total. The Kier molecular flexibility index (Phi) is 4.19. The number of rotatable bonds is 5. The minimum atomic E-state index is 0.465. The van der Waals surface area contributed by atoms with Crippen molar-refractivity contribution >= 4 is 0 Å². The van der Waals surface area contributed by atoms with Crippen LogP contribution in [0.15, 0.2) is 24.3 Å². The van der Waals surface area contributed by atoms with Gasteiger partial charge in [-0.2, -0.15) is 0 Å². The third kappa shape index (κ3) is 2.85. The summed E-state index contributed by atoms with van der Waals surface area (Å²) in [6.45, 7) is 5.05. The van der Waals surface area contributed by atoms with E-state index in [-0.39, 0.29) is 0 Å². The first kappa shape index (κ1) is 13.1. The van der Waals surface area contributed by atoms with Crippen molar-refractivity contribution in [2.45, 2.75) is 44.6 Å². The highest BCUT2D eigenvalue weighted by Crippen LogP contribution is 2.38. The summed E-state index contributed by atoms with van der Waals surface area (Å²) in [6, 6.07) is 9.74. The van der Waals surface area contributed by atoms with Crippen LogP contribution in [0.2, 0.25) is 0 Å². The molecule has 1 aromatic rings. The van der Waals surface area contributed by atoms with Gasteiger partial charge in [-0.15, -0.1) is 0 Å². The van der Waals surface area contributed by atoms with E-state index < -0.39 is 0 Å². The molecule has 1 saturated carbocycles. The van der Waals surface area contributed by atoms with E-state index in [1.807, 2.05) is 0 Å². The molecule has 1 aliphatic heterocycles. The molecule has 104 valence electrons. The average molecular weight is 259 g/mol. The first-order valence-electron chi connectivity index (χ1n) is 7.79. The van der Waals surface area contributed by atoms with Crippen LogP contribution in [-0.2, 0) is 4.74 Å². The zero-order chi connectivity index (χ0) is 13.1. The van der Waals surface area contributed by atoms with E-state index in [9.17, 15) is 0 Å². The van der Waals surface area contributed by atoms with E-state index in [4.69, 9.17) is 4.74 Å². The summed E-state index contributed by atoms with van der Waals surface area (Å²) in [6.07, 6.45) is 5.34. The number of hydrogen-bond acceptors (Lipinski definition) is 2. The zero-order valence-electron chi connectivity index (χ0n) is 11.9. The molecular formula is C17H25NO. The summed E-state index contributed by atoms with van der Waals surface area (Å²) in [4.78, 5) is 0. The SMILES string of the molecule is CCNC(c1cccc(C2CCC2)c1)C1CCOC1. The van der Waals surface area contributed by atoms with Gasteiger partial charge in [0.15, 0.2) is 0 Å². The van der Waals surface area contributed by atoms with E-state index in [0.717, 1.165) is 25.7 Å². The van der Waals surface area contributed by atoms with Gasteiger partial charge in [0.25, 0.3) is 0 Å². The zero-order valence-corrected chi connectivity index (χ0v) is 11.9. The predicted octanol–water partition coefficient (Wildman–Crippen LogP) is 3.64. The fourth-order valence-electron chi connectivity index (χ4n) is 3.34. The first-order valence-corrected chi connectivity index (χ1v) is 7.79. The summed E-state index contributed by atoms with van der Waals surface area (Å²) in [5.41, 5.74) is 3.01. The Balaban J connectivity index is 1.80. The van der Waals surface area contributed by atoms with Crippen LogP contribution in [-0.4, -0.2) is 19.8 Å². The fourth-order valence-corrected chi connectivity index (χ4v) is 3.34. The second kappa shape index (κ2) is 6.06. The molecule has 1 N–H and O–H groups in total. The quantitative estimate of drug-likeness (QED) is 0.871. The monoisotopic (exact) mass is 259 g/mol. The lowest BCUT2D eigenvalue weighted by molar-refractivity contribution is 0.177. The topological polar surface area (TPSA) is 21.3 Å². The summed E-state index contributed by atoms with van der Waals surface area (Å²) in [7, 11) is 0. The minimum absolute atomic E-state index is 0.465. The molecule has 2 heteroatoms. The molecule has 2 unspecified atom stereocenters. The van der Waals surface area contributed by atoms with Gasteiger partial charge in [-0.1, -0.05) is 37.6 Å². The van der Waals surface area contributed by atoms with Gasteiger partial charge in [-0.3, -0.25) is 0 Å². The van der Waals surface area contributed by atoms with Crippen molar-refractivity contribution in [3.63, 3.8) is 0 Å². The van der Waals surface area contributed by atoms with Crippen molar-refractivity contribution in [2.24, 2.45) is 5.92 Å². The fraction of sp³-hybridized carbons (Fsp3) is 0.647. The highest BCUT2D eigenvalue weighted by molar-refractivity contribution is 5.30. The summed E-state index contributed by atoms with van der Waals surface area (Å²) < 4.78 is 5.58. The van der Waals surface area contributed by atoms with Crippen LogP contribution in [0.25, 0.3) is 0 Å². The Morgan fingerprint density at radius 3 is 2.84 bits per heavy atom. The van der Waals surface area contributed by atoms with Crippen molar-refractivity contribution in [3.05, 3.63) is 35.4 Å². The summed E-state index contributed by atoms with van der Waals surface area (Å²) in [5, 5.41) is 3.66. The molecule has 1 saturated heterocycles. The lowest BCUT2D eigenvalue weighted by Crippen LogP contribution is -2.28. The largest absolute Gasteiger partial charge is 0.381 e. The first-order chi connectivity index (χ1) is 9.38. The standard InChI is InChI=1S/C17H25NO/c1-2-18-17(16-9-10-19-12-16)15-8-4-7-14(11-15)13-5-3-6-13/h4,7-8,11,13,16-18H,2-3,5-6,9-10,12H2,1H3. The third-order valence-electron chi connectivity index (χ3n) is 4.71. The maximum absolute atomic E-state index is 5.58. The van der Waals surface area contributed by atoms with Crippen molar-refractivity contribution in [1.82, 2.24) is 5.32 Å². The van der Waals surface area contributed by atoms with E-state index >= 15 is 0 Å². The summed E-state index contributed by atoms with van der Waals surface area (Å²) >= 11 is 0. The van der Waals surface area contributed by atoms with E-state index in [1.54, 1.807) is 5.56 Å². The molecule has 0 aromatic heterocycles. The Hall–Kier alpha value is -0.860. The smallest absolute Gasteiger partial charge is 0.0513 e. The molecule has 0 amide bonds. The molecule has 1 aliphatic carbocycles. The van der Waals surface area contributed by atoms with Crippen molar-refractivity contribution < 1.29 is 4.74 Å². The Morgan fingerprint density at radius 1 is 1.32 bits per heavy atom. The van der Waals surface area contributed by atoms with Crippen LogP contribution in [0.4, 0.5) is 0 Å². The van der Waals surface area contributed by atoms with Gasteiger partial charge < -0.3 is 10.1 Å². The molecule has 19 heavy (non-hydrogen) atoms. The van der Waals surface area contributed by atoms with Crippen LogP contribution in [0.1, 0.15) is 55.7 Å². The van der Waals surface area contributed by atoms with E-state index in [2.05, 4.69) is 36.5 Å². The Bertz CT molecular complexity index is 407. The molecular weight excluding hydrogens is 234 g/mol. The molecule has 2 atom stereocenters. The molecule has 1 heterocycles. The van der Waals surface area contributed by atoms with Crippen molar-refractivity contribution in [2.75, 3.05) is 19.8 Å². The normalized spacial score (nSPS) is 25.2. The van der Waals surface area contributed by atoms with Gasteiger partial charge in [-0.25, -0.2) is 0 Å². The number of hydrogen-bond donors (Lipinski definition) is 1. The van der Waals surface area contributed by atoms with Gasteiger partial charge in [0.2, 0.25) is 0 Å². The molecule has 0 bridgehead atoms. The molecule has 2 aliphatic rings. The molecule has 2 fully saturated rings. The maximum atomic E-state index is 5.58. The van der Waals surface area contributed by atoms with E-state index in [0.29, 0.717) is 12.0 Å². The number of nitrogens with one attached hydrogen (secondary N) is 1. The van der Waals surface area contributed by atoms with Gasteiger partial charge in [0, 0.05) is 18.6 Å². The highest BCUT2D eigenvalue weighted by Gasteiger charge is 2.27. The van der Waals surface area contributed by atoms with Gasteiger partial charge in [-0.05, 0) is 42.9 Å². The van der Waals surface area contributed by atoms with Gasteiger partial charge in [0.05, 0.1) is 6.61 Å². The van der Waals surface area contributed by atoms with Crippen molar-refractivity contribution in [1.29, 1.82) is 0 Å². The average Bonchev–Trinajstić information content (AvgIpc) is 2.88. The van der Waals surface area contributed by atoms with Crippen LogP contribution in [0.5, 0.6) is 0 Å². The van der Waals surface area contributed by atoms with Crippen LogP contribution in [0, 0.1) is 5.92 Å². The molecule has 0 radical (unpaired) electrons. The predicted molar refractivity (Wildman–Crippen MR) is 78.4 cm³/mol. The lowest BCUT2D eigenvalue weighted by atomic mass is 9.79. The van der Waals surface area contributed by atoms with Crippen molar-refractivity contribution in [3.8, 4) is 0 Å². The Labute approximate surface area is 116 Å². The van der Waals surface area contributed by atoms with Gasteiger partial charge in [0.1, 0.15) is 0 Å².